The highest BCUT2D eigenvalue weighted by molar-refractivity contribution is 5.78. The number of ether oxygens (including phenoxy) is 2. The quantitative estimate of drug-likeness (QED) is 0.0482. The number of rotatable bonds is 28. The van der Waals surface area contributed by atoms with E-state index in [4.69, 9.17) is 9.47 Å². The summed E-state index contributed by atoms with van der Waals surface area (Å²) < 4.78 is 10.3. The number of carboxylic acid groups (broad SMARTS) is 2. The number of unbranched alkanes of at least 4 members (excludes halogenated alkanes) is 12. The summed E-state index contributed by atoms with van der Waals surface area (Å²) >= 11 is 0. The van der Waals surface area contributed by atoms with Crippen LogP contribution in [0.2, 0.25) is 0 Å². The monoisotopic (exact) mass is 971 g/mol. The predicted octanol–water partition coefficient (Wildman–Crippen LogP) is 14.2. The third-order valence-electron chi connectivity index (χ3n) is 14.7. The second kappa shape index (κ2) is 37.5. The molecule has 6 atom stereocenters. The van der Waals surface area contributed by atoms with Gasteiger partial charge in [0.25, 0.3) is 0 Å². The molecule has 0 spiro atoms. The van der Waals surface area contributed by atoms with E-state index in [1.54, 1.807) is 48.5 Å². The first-order chi connectivity index (χ1) is 34.0. The van der Waals surface area contributed by atoms with Crippen LogP contribution in [-0.2, 0) is 28.7 Å². The van der Waals surface area contributed by atoms with Gasteiger partial charge in [-0.2, -0.15) is 0 Å². The number of carbonyl (C=O) groups excluding carboxylic acids is 2. The first-order valence-electron chi connectivity index (χ1n) is 27.7. The summed E-state index contributed by atoms with van der Waals surface area (Å²) in [6.45, 7) is 4.18. The van der Waals surface area contributed by atoms with Crippen molar-refractivity contribution in [2.75, 3.05) is 27.3 Å². The van der Waals surface area contributed by atoms with E-state index >= 15 is 0 Å². The Bertz CT molecular complexity index is 1690. The Hall–Kier alpha value is -4.28. The van der Waals surface area contributed by atoms with Crippen molar-refractivity contribution in [3.05, 3.63) is 96.1 Å². The molecule has 2 N–H and O–H groups in total. The number of fused-ring (bicyclic) bond motifs is 4. The lowest BCUT2D eigenvalue weighted by Gasteiger charge is -2.30. The second-order valence-electron chi connectivity index (χ2n) is 20.1. The summed E-state index contributed by atoms with van der Waals surface area (Å²) in [6.07, 6.45) is 42.1. The van der Waals surface area contributed by atoms with E-state index in [2.05, 4.69) is 62.0 Å². The fourth-order valence-electron chi connectivity index (χ4n) is 10.1. The Morgan fingerprint density at radius 2 is 0.829 bits per heavy atom. The van der Waals surface area contributed by atoms with Crippen LogP contribution in [0, 0.1) is 0 Å². The van der Waals surface area contributed by atoms with Crippen LogP contribution in [0.3, 0.4) is 0 Å². The number of hydrogen-bond donors (Lipinski definition) is 2. The number of benzene rings is 2. The maximum absolute atomic E-state index is 11.8. The summed E-state index contributed by atoms with van der Waals surface area (Å²) in [5, 5.41) is 18.6. The highest BCUT2D eigenvalue weighted by Gasteiger charge is 2.34. The topological polar surface area (TPSA) is 134 Å². The SMILES string of the molecule is CCCC/C=C\CCCCCCCC(=O)OCC(C(=O)O)c1ccccc1.CCCCCC/C=C\CCCC(=O)OCC(C(=O)O)c1ccccc1.CN1C2CCCC1CC2.CN1C2CCCC1CC2. The molecule has 4 saturated heterocycles. The summed E-state index contributed by atoms with van der Waals surface area (Å²) in [6, 6.07) is 21.6. The summed E-state index contributed by atoms with van der Waals surface area (Å²) in [5.41, 5.74) is 1.30. The lowest BCUT2D eigenvalue weighted by Crippen LogP contribution is -2.35. The van der Waals surface area contributed by atoms with Gasteiger partial charge in [0.1, 0.15) is 25.0 Å². The zero-order valence-corrected chi connectivity index (χ0v) is 44.0. The van der Waals surface area contributed by atoms with Crippen molar-refractivity contribution in [1.82, 2.24) is 9.80 Å². The summed E-state index contributed by atoms with van der Waals surface area (Å²) in [4.78, 5) is 51.5. The van der Waals surface area contributed by atoms with Gasteiger partial charge in [-0.05, 0) is 128 Å². The van der Waals surface area contributed by atoms with Crippen molar-refractivity contribution in [2.45, 2.75) is 230 Å². The third kappa shape index (κ3) is 25.2. The van der Waals surface area contributed by atoms with E-state index in [9.17, 15) is 29.4 Å². The molecule has 10 nitrogen and oxygen atoms in total. The number of carboxylic acids is 2. The number of piperidine rings is 2. The molecule has 4 heterocycles. The smallest absolute Gasteiger partial charge is 0.314 e. The Morgan fingerprint density at radius 1 is 0.486 bits per heavy atom. The Labute approximate surface area is 424 Å². The molecular formula is C60H94N2O8. The molecule has 70 heavy (non-hydrogen) atoms. The van der Waals surface area contributed by atoms with Crippen molar-refractivity contribution < 1.29 is 38.9 Å². The van der Waals surface area contributed by atoms with E-state index < -0.39 is 23.8 Å². The van der Waals surface area contributed by atoms with Crippen molar-refractivity contribution in [3.8, 4) is 0 Å². The molecule has 4 aliphatic rings. The molecule has 392 valence electrons. The molecule has 4 bridgehead atoms. The number of allylic oxidation sites excluding steroid dienone is 4. The van der Waals surface area contributed by atoms with Gasteiger partial charge in [0, 0.05) is 37.0 Å². The normalized spacial score (nSPS) is 20.3. The molecule has 4 fully saturated rings. The summed E-state index contributed by atoms with van der Waals surface area (Å²) in [5.74, 6) is -4.22. The van der Waals surface area contributed by atoms with Crippen LogP contribution < -0.4 is 0 Å². The summed E-state index contributed by atoms with van der Waals surface area (Å²) in [7, 11) is 4.59. The fourth-order valence-corrected chi connectivity index (χ4v) is 10.1. The number of esters is 2. The minimum Gasteiger partial charge on any atom is -0.481 e. The van der Waals surface area contributed by atoms with Crippen LogP contribution in [-0.4, -0.2) is 95.4 Å². The lowest BCUT2D eigenvalue weighted by atomic mass is 10.0. The van der Waals surface area contributed by atoms with Crippen LogP contribution in [0.1, 0.15) is 217 Å². The second-order valence-corrected chi connectivity index (χ2v) is 20.1. The average molecular weight is 971 g/mol. The average Bonchev–Trinajstić information content (AvgIpc) is 3.63. The first-order valence-corrected chi connectivity index (χ1v) is 27.7. The molecule has 6 rings (SSSR count). The molecule has 2 aromatic carbocycles. The van der Waals surface area contributed by atoms with E-state index in [1.165, 1.54) is 122 Å². The number of aliphatic carboxylic acids is 2. The van der Waals surface area contributed by atoms with Gasteiger partial charge in [-0.15, -0.1) is 0 Å². The zero-order chi connectivity index (χ0) is 50.6. The molecular weight excluding hydrogens is 877 g/mol. The minimum absolute atomic E-state index is 0.109. The predicted molar refractivity (Wildman–Crippen MR) is 285 cm³/mol. The largest absolute Gasteiger partial charge is 0.481 e. The van der Waals surface area contributed by atoms with E-state index in [0.717, 1.165) is 69.1 Å². The third-order valence-corrected chi connectivity index (χ3v) is 14.7. The molecule has 0 amide bonds. The number of carbonyl (C=O) groups is 4. The highest BCUT2D eigenvalue weighted by Crippen LogP contribution is 2.34. The Balaban J connectivity index is 0.000000272. The van der Waals surface area contributed by atoms with E-state index in [0.29, 0.717) is 24.0 Å². The van der Waals surface area contributed by atoms with Gasteiger partial charge in [0.2, 0.25) is 0 Å². The molecule has 0 saturated carbocycles. The molecule has 4 aliphatic heterocycles. The van der Waals surface area contributed by atoms with Crippen molar-refractivity contribution in [1.29, 1.82) is 0 Å². The molecule has 2 aromatic rings. The lowest BCUT2D eigenvalue weighted by molar-refractivity contribution is -0.150. The number of nitrogens with zero attached hydrogens (tertiary/aromatic N) is 2. The van der Waals surface area contributed by atoms with Gasteiger partial charge in [-0.3, -0.25) is 19.2 Å². The van der Waals surface area contributed by atoms with Crippen molar-refractivity contribution in [3.63, 3.8) is 0 Å². The van der Waals surface area contributed by atoms with Crippen LogP contribution >= 0.6 is 0 Å². The van der Waals surface area contributed by atoms with Gasteiger partial charge >= 0.3 is 23.9 Å². The van der Waals surface area contributed by atoms with Crippen LogP contribution in [0.4, 0.5) is 0 Å². The molecule has 0 aromatic heterocycles. The highest BCUT2D eigenvalue weighted by atomic mass is 16.5. The molecule has 0 aliphatic carbocycles. The van der Waals surface area contributed by atoms with Crippen LogP contribution in [0.5, 0.6) is 0 Å². The van der Waals surface area contributed by atoms with Gasteiger partial charge in [0.15, 0.2) is 0 Å². The standard InChI is InChI=1S/C23H34O4.C21H30O4.2C8H15N/c1-2-3-4-5-6-7-8-9-10-11-15-18-22(24)27-19-21(23(25)26)20-16-13-12-14-17-20;1-2-3-4-5-6-7-8-9-13-16-20(22)25-17-19(21(23)24)18-14-11-10-12-15-18;2*1-9-7-3-2-4-8(9)6-5-7/h5-6,12-14,16-17,21H,2-4,7-11,15,18-19H2,1H3,(H,25,26);7-8,10-12,14-15,19H,2-6,9,13,16-17H2,1H3,(H,23,24);2*7-8H,2-6H2,1H3/b6-5-;8-7-;;. The van der Waals surface area contributed by atoms with E-state index in [-0.39, 0.29) is 25.2 Å². The maximum atomic E-state index is 11.8. The van der Waals surface area contributed by atoms with Gasteiger partial charge in [-0.25, -0.2) is 0 Å². The van der Waals surface area contributed by atoms with Crippen LogP contribution in [0.15, 0.2) is 85.0 Å². The van der Waals surface area contributed by atoms with Crippen molar-refractivity contribution >= 4 is 23.9 Å². The van der Waals surface area contributed by atoms with Gasteiger partial charge in [0.05, 0.1) is 0 Å². The molecule has 0 radical (unpaired) electrons. The number of hydrogen-bond acceptors (Lipinski definition) is 8. The fraction of sp³-hybridized carbons (Fsp3) is 0.667. The maximum Gasteiger partial charge on any atom is 0.314 e. The Kier molecular flexibility index (Phi) is 32.1. The van der Waals surface area contributed by atoms with E-state index in [1.807, 2.05) is 12.1 Å². The Morgan fingerprint density at radius 3 is 1.21 bits per heavy atom. The van der Waals surface area contributed by atoms with Crippen molar-refractivity contribution in [2.24, 2.45) is 0 Å². The van der Waals surface area contributed by atoms with Gasteiger partial charge in [-0.1, -0.05) is 163 Å². The molecule has 10 heteroatoms. The zero-order valence-electron chi connectivity index (χ0n) is 44.0. The van der Waals surface area contributed by atoms with Crippen LogP contribution in [0.25, 0.3) is 0 Å². The minimum atomic E-state index is -0.981. The first kappa shape index (κ1) is 60.0. The molecule has 6 unspecified atom stereocenters. The van der Waals surface area contributed by atoms with Gasteiger partial charge < -0.3 is 29.5 Å².